The number of amides is 1. The highest BCUT2D eigenvalue weighted by Crippen LogP contribution is 2.22. The lowest BCUT2D eigenvalue weighted by molar-refractivity contribution is 0.0949. The molecule has 0 aliphatic carbocycles. The van der Waals surface area contributed by atoms with E-state index in [1.165, 1.54) is 41.3 Å². The Labute approximate surface area is 188 Å². The molecule has 0 aliphatic rings. The van der Waals surface area contributed by atoms with Gasteiger partial charge in [-0.15, -0.1) is 0 Å². The number of sulfonamides is 1. The minimum Gasteiger partial charge on any atom is -0.345 e. The summed E-state index contributed by atoms with van der Waals surface area (Å²) in [6.45, 7) is 0.0364. The molecule has 0 atom stereocenters. The van der Waals surface area contributed by atoms with Crippen LogP contribution in [-0.4, -0.2) is 39.1 Å². The largest absolute Gasteiger partial charge is 0.345 e. The van der Waals surface area contributed by atoms with Gasteiger partial charge in [-0.25, -0.2) is 23.4 Å². The summed E-state index contributed by atoms with van der Waals surface area (Å²) < 4.78 is 29.0. The zero-order valence-corrected chi connectivity index (χ0v) is 18.0. The van der Waals surface area contributed by atoms with Gasteiger partial charge in [0.25, 0.3) is 21.9 Å². The van der Waals surface area contributed by atoms with E-state index in [4.69, 9.17) is 11.6 Å². The van der Waals surface area contributed by atoms with Gasteiger partial charge in [-0.1, -0.05) is 29.8 Å². The number of aromatic nitrogens is 5. The number of carbonyl (C=O) groups excluding carboxylic acids is 1. The Balaban J connectivity index is 1.50. The molecule has 162 valence electrons. The second-order valence-corrected chi connectivity index (χ2v) is 8.59. The number of benzene rings is 2. The van der Waals surface area contributed by atoms with Gasteiger partial charge in [-0.2, -0.15) is 9.78 Å². The van der Waals surface area contributed by atoms with Crippen molar-refractivity contribution in [1.82, 2.24) is 30.0 Å². The Morgan fingerprint density at radius 2 is 1.75 bits per heavy atom. The Morgan fingerprint density at radius 1 is 1.00 bits per heavy atom. The first-order valence-electron chi connectivity index (χ1n) is 9.25. The van der Waals surface area contributed by atoms with Crippen LogP contribution in [0, 0.1) is 0 Å². The lowest BCUT2D eigenvalue weighted by atomic mass is 10.2. The van der Waals surface area contributed by atoms with Gasteiger partial charge in [0, 0.05) is 23.0 Å². The number of hydrogen-bond donors (Lipinski definition) is 2. The lowest BCUT2D eigenvalue weighted by Crippen LogP contribution is -2.25. The van der Waals surface area contributed by atoms with Gasteiger partial charge < -0.3 is 5.32 Å². The average Bonchev–Trinajstić information content (AvgIpc) is 3.26. The summed E-state index contributed by atoms with van der Waals surface area (Å²) in [6.07, 6.45) is 4.46. The van der Waals surface area contributed by atoms with Crippen LogP contribution < -0.4 is 10.0 Å². The number of halogens is 1. The van der Waals surface area contributed by atoms with Crippen molar-refractivity contribution in [3.8, 4) is 5.95 Å². The van der Waals surface area contributed by atoms with Crippen LogP contribution in [-0.2, 0) is 16.6 Å². The van der Waals surface area contributed by atoms with Crippen molar-refractivity contribution in [2.45, 2.75) is 11.4 Å². The maximum Gasteiger partial charge on any atom is 0.261 e. The molecule has 0 aliphatic heterocycles. The zero-order valence-electron chi connectivity index (χ0n) is 16.4. The van der Waals surface area contributed by atoms with Crippen LogP contribution in [0.3, 0.4) is 0 Å². The van der Waals surface area contributed by atoms with Crippen LogP contribution in [0.15, 0.2) is 78.2 Å². The predicted octanol–water partition coefficient (Wildman–Crippen LogP) is 2.44. The molecule has 2 heterocycles. The van der Waals surface area contributed by atoms with Gasteiger partial charge in [0.1, 0.15) is 6.33 Å². The van der Waals surface area contributed by atoms with Crippen LogP contribution in [0.25, 0.3) is 5.95 Å². The van der Waals surface area contributed by atoms with Gasteiger partial charge in [-0.05, 0) is 36.4 Å². The predicted molar refractivity (Wildman–Crippen MR) is 117 cm³/mol. The summed E-state index contributed by atoms with van der Waals surface area (Å²) in [5, 5.41) is 6.97. The number of nitrogens with zero attached hydrogens (tertiary/aromatic N) is 5. The van der Waals surface area contributed by atoms with E-state index in [0.29, 0.717) is 11.8 Å². The number of anilines is 1. The molecule has 2 aromatic carbocycles. The van der Waals surface area contributed by atoms with E-state index in [-0.39, 0.29) is 27.7 Å². The van der Waals surface area contributed by atoms with Crippen LogP contribution >= 0.6 is 11.6 Å². The number of carbonyl (C=O) groups is 1. The maximum absolute atomic E-state index is 12.7. The molecular weight excluding hydrogens is 454 g/mol. The average molecular weight is 470 g/mol. The molecule has 2 aromatic heterocycles. The molecule has 0 fully saturated rings. The van der Waals surface area contributed by atoms with Crippen molar-refractivity contribution in [3.05, 3.63) is 89.7 Å². The van der Waals surface area contributed by atoms with Crippen molar-refractivity contribution in [3.63, 3.8) is 0 Å². The van der Waals surface area contributed by atoms with Crippen LogP contribution in [0.1, 0.15) is 16.2 Å². The molecule has 12 heteroatoms. The van der Waals surface area contributed by atoms with Crippen molar-refractivity contribution in [1.29, 1.82) is 0 Å². The second-order valence-electron chi connectivity index (χ2n) is 6.47. The molecular formula is C20H16ClN7O3S. The number of rotatable bonds is 7. The zero-order chi connectivity index (χ0) is 22.6. The lowest BCUT2D eigenvalue weighted by Gasteiger charge is -2.11. The van der Waals surface area contributed by atoms with E-state index in [0.717, 1.165) is 0 Å². The van der Waals surface area contributed by atoms with Crippen LogP contribution in [0.4, 0.5) is 5.69 Å². The molecule has 4 rings (SSSR count). The Hall–Kier alpha value is -3.83. The van der Waals surface area contributed by atoms with Gasteiger partial charge >= 0.3 is 0 Å². The number of nitrogens with one attached hydrogen (secondary N) is 2. The highest BCUT2D eigenvalue weighted by atomic mass is 35.5. The number of hydrogen-bond acceptors (Lipinski definition) is 7. The SMILES string of the molecule is O=C(NCc1ncnn1-c1ncccn1)c1cc(Cl)cc(NS(=O)(=O)c2ccccc2)c1. The molecule has 10 nitrogen and oxygen atoms in total. The molecule has 0 radical (unpaired) electrons. The topological polar surface area (TPSA) is 132 Å². The first-order valence-corrected chi connectivity index (χ1v) is 11.1. The Bertz CT molecular complexity index is 1350. The molecule has 2 N–H and O–H groups in total. The van der Waals surface area contributed by atoms with E-state index in [2.05, 4.69) is 30.1 Å². The second kappa shape index (κ2) is 9.12. The Morgan fingerprint density at radius 3 is 2.50 bits per heavy atom. The van der Waals surface area contributed by atoms with Gasteiger partial charge in [0.15, 0.2) is 5.82 Å². The Kier molecular flexibility index (Phi) is 6.10. The highest BCUT2D eigenvalue weighted by Gasteiger charge is 2.16. The van der Waals surface area contributed by atoms with E-state index in [1.807, 2.05) is 0 Å². The third-order valence-electron chi connectivity index (χ3n) is 4.23. The van der Waals surface area contributed by atoms with Crippen molar-refractivity contribution >= 4 is 33.2 Å². The fraction of sp³-hybridized carbons (Fsp3) is 0.0500. The van der Waals surface area contributed by atoms with E-state index < -0.39 is 15.9 Å². The molecule has 4 aromatic rings. The van der Waals surface area contributed by atoms with Crippen LogP contribution in [0.2, 0.25) is 5.02 Å². The van der Waals surface area contributed by atoms with Crippen LogP contribution in [0.5, 0.6) is 0 Å². The molecule has 0 spiro atoms. The summed E-state index contributed by atoms with van der Waals surface area (Å²) in [7, 11) is -3.83. The molecule has 1 amide bonds. The third-order valence-corrected chi connectivity index (χ3v) is 5.85. The highest BCUT2D eigenvalue weighted by molar-refractivity contribution is 7.92. The van der Waals surface area contributed by atoms with E-state index in [1.54, 1.807) is 36.7 Å². The monoisotopic (exact) mass is 469 g/mol. The quantitative estimate of drug-likeness (QED) is 0.424. The van der Waals surface area contributed by atoms with E-state index in [9.17, 15) is 13.2 Å². The minimum absolute atomic E-state index is 0.0364. The maximum atomic E-state index is 12.7. The minimum atomic E-state index is -3.83. The summed E-state index contributed by atoms with van der Waals surface area (Å²) in [5.41, 5.74) is 0.331. The van der Waals surface area contributed by atoms with Crippen molar-refractivity contribution in [2.24, 2.45) is 0 Å². The fourth-order valence-corrected chi connectivity index (χ4v) is 4.10. The fourth-order valence-electron chi connectivity index (χ4n) is 2.81. The first-order chi connectivity index (χ1) is 15.4. The molecule has 0 unspecified atom stereocenters. The molecule has 0 saturated carbocycles. The first kappa shape index (κ1) is 21.4. The smallest absolute Gasteiger partial charge is 0.261 e. The summed E-state index contributed by atoms with van der Waals surface area (Å²) in [6, 6.07) is 13.8. The molecule has 0 bridgehead atoms. The summed E-state index contributed by atoms with van der Waals surface area (Å²) >= 11 is 6.12. The summed E-state index contributed by atoms with van der Waals surface area (Å²) in [4.78, 5) is 25.1. The summed E-state index contributed by atoms with van der Waals surface area (Å²) in [5.74, 6) is 0.252. The van der Waals surface area contributed by atoms with E-state index >= 15 is 0 Å². The van der Waals surface area contributed by atoms with Crippen molar-refractivity contribution in [2.75, 3.05) is 4.72 Å². The molecule has 0 saturated heterocycles. The van der Waals surface area contributed by atoms with Gasteiger partial charge in [0.2, 0.25) is 0 Å². The normalized spacial score (nSPS) is 11.2. The van der Waals surface area contributed by atoms with Gasteiger partial charge in [-0.3, -0.25) is 9.52 Å². The van der Waals surface area contributed by atoms with Gasteiger partial charge in [0.05, 0.1) is 17.1 Å². The molecule has 32 heavy (non-hydrogen) atoms. The third kappa shape index (κ3) is 4.90. The van der Waals surface area contributed by atoms with Crippen molar-refractivity contribution < 1.29 is 13.2 Å². The standard InChI is InChI=1S/C20H16ClN7O3S/c21-15-9-14(10-16(11-15)27-32(30,31)17-5-2-1-3-6-17)19(29)24-12-18-25-13-26-28(18)20-22-7-4-8-23-20/h1-11,13,27H,12H2,(H,24,29).